The highest BCUT2D eigenvalue weighted by molar-refractivity contribution is 5.98. The van der Waals surface area contributed by atoms with Gasteiger partial charge in [-0.3, -0.25) is 0 Å². The minimum atomic E-state index is -0.682. The highest BCUT2D eigenvalue weighted by Gasteiger charge is 2.13. The number of hydrogen-bond acceptors (Lipinski definition) is 5. The minimum Gasteiger partial charge on any atom is -0.496 e. The highest BCUT2D eigenvalue weighted by atomic mass is 16.5. The van der Waals surface area contributed by atoms with Crippen LogP contribution in [-0.2, 0) is 9.53 Å². The summed E-state index contributed by atoms with van der Waals surface area (Å²) in [6.07, 6.45) is 1.43. The SMILES string of the molecule is COC(=O)/C(C#N)=C\c1ccc(OC)c(C)c1OC. The summed E-state index contributed by atoms with van der Waals surface area (Å²) in [7, 11) is 4.31. The van der Waals surface area contributed by atoms with Crippen molar-refractivity contribution in [2.75, 3.05) is 21.3 Å². The van der Waals surface area contributed by atoms with Gasteiger partial charge in [0.05, 0.1) is 21.3 Å². The lowest BCUT2D eigenvalue weighted by Gasteiger charge is -2.12. The lowest BCUT2D eigenvalue weighted by atomic mass is 10.1. The molecule has 0 aromatic heterocycles. The van der Waals surface area contributed by atoms with Crippen LogP contribution in [0.5, 0.6) is 11.5 Å². The van der Waals surface area contributed by atoms with E-state index >= 15 is 0 Å². The summed E-state index contributed by atoms with van der Waals surface area (Å²) in [5.74, 6) is 0.541. The molecule has 0 aliphatic rings. The summed E-state index contributed by atoms with van der Waals surface area (Å²) in [5.41, 5.74) is 1.31. The van der Waals surface area contributed by atoms with E-state index in [1.807, 2.05) is 6.92 Å². The smallest absolute Gasteiger partial charge is 0.348 e. The van der Waals surface area contributed by atoms with Crippen LogP contribution in [0.3, 0.4) is 0 Å². The normalized spacial score (nSPS) is 10.6. The fraction of sp³-hybridized carbons (Fsp3) is 0.286. The first-order valence-corrected chi connectivity index (χ1v) is 5.50. The molecule has 1 aromatic carbocycles. The molecule has 5 heteroatoms. The van der Waals surface area contributed by atoms with Crippen molar-refractivity contribution in [3.63, 3.8) is 0 Å². The Kier molecular flexibility index (Phi) is 4.95. The molecule has 1 rings (SSSR count). The van der Waals surface area contributed by atoms with Crippen LogP contribution < -0.4 is 9.47 Å². The van der Waals surface area contributed by atoms with E-state index in [1.54, 1.807) is 25.3 Å². The van der Waals surface area contributed by atoms with Crippen molar-refractivity contribution in [2.24, 2.45) is 0 Å². The van der Waals surface area contributed by atoms with E-state index in [0.29, 0.717) is 17.1 Å². The largest absolute Gasteiger partial charge is 0.496 e. The summed E-state index contributed by atoms with van der Waals surface area (Å²) >= 11 is 0. The maximum Gasteiger partial charge on any atom is 0.348 e. The van der Waals surface area contributed by atoms with Crippen molar-refractivity contribution in [2.45, 2.75) is 6.92 Å². The maximum atomic E-state index is 11.4. The van der Waals surface area contributed by atoms with Gasteiger partial charge in [0.15, 0.2) is 0 Å². The van der Waals surface area contributed by atoms with Crippen molar-refractivity contribution in [3.05, 3.63) is 28.8 Å². The van der Waals surface area contributed by atoms with Gasteiger partial charge in [0, 0.05) is 11.1 Å². The zero-order chi connectivity index (χ0) is 14.4. The molecule has 0 N–H and O–H groups in total. The van der Waals surface area contributed by atoms with E-state index in [2.05, 4.69) is 4.74 Å². The Morgan fingerprint density at radius 2 is 1.95 bits per heavy atom. The number of methoxy groups -OCH3 is 3. The minimum absolute atomic E-state index is 0.0923. The molecule has 19 heavy (non-hydrogen) atoms. The molecule has 0 atom stereocenters. The Morgan fingerprint density at radius 3 is 2.42 bits per heavy atom. The first-order valence-electron chi connectivity index (χ1n) is 5.50. The zero-order valence-corrected chi connectivity index (χ0v) is 11.3. The molecule has 0 amide bonds. The third kappa shape index (κ3) is 3.05. The van der Waals surface area contributed by atoms with E-state index in [1.165, 1.54) is 20.3 Å². The molecule has 100 valence electrons. The molecule has 0 bridgehead atoms. The highest BCUT2D eigenvalue weighted by Crippen LogP contribution is 2.32. The second kappa shape index (κ2) is 6.45. The van der Waals surface area contributed by atoms with Gasteiger partial charge < -0.3 is 14.2 Å². The van der Waals surface area contributed by atoms with Gasteiger partial charge in [-0.25, -0.2) is 4.79 Å². The van der Waals surface area contributed by atoms with Gasteiger partial charge >= 0.3 is 5.97 Å². The average molecular weight is 261 g/mol. The van der Waals surface area contributed by atoms with Crippen LogP contribution in [0.25, 0.3) is 6.08 Å². The monoisotopic (exact) mass is 261 g/mol. The number of hydrogen-bond donors (Lipinski definition) is 0. The molecule has 1 aromatic rings. The number of esters is 1. The summed E-state index contributed by atoms with van der Waals surface area (Å²) in [5, 5.41) is 8.94. The van der Waals surface area contributed by atoms with Crippen LogP contribution in [-0.4, -0.2) is 27.3 Å². The van der Waals surface area contributed by atoms with Gasteiger partial charge in [-0.1, -0.05) is 0 Å². The Balaban J connectivity index is 3.36. The van der Waals surface area contributed by atoms with Gasteiger partial charge in [-0.15, -0.1) is 0 Å². The molecule has 0 fully saturated rings. The van der Waals surface area contributed by atoms with Crippen molar-refractivity contribution in [3.8, 4) is 17.6 Å². The molecular weight excluding hydrogens is 246 g/mol. The maximum absolute atomic E-state index is 11.4. The van der Waals surface area contributed by atoms with E-state index in [-0.39, 0.29) is 5.57 Å². The van der Waals surface area contributed by atoms with Gasteiger partial charge in [0.1, 0.15) is 23.1 Å². The molecule has 0 radical (unpaired) electrons. The summed E-state index contributed by atoms with van der Waals surface area (Å²) in [6.45, 7) is 1.83. The van der Waals surface area contributed by atoms with E-state index in [4.69, 9.17) is 14.7 Å². The molecule has 0 heterocycles. The standard InChI is InChI=1S/C14H15NO4/c1-9-12(17-2)6-5-10(13(9)18-3)7-11(8-15)14(16)19-4/h5-7H,1-4H3/b11-7-. The predicted octanol–water partition coefficient (Wildman–Crippen LogP) is 2.09. The number of nitriles is 1. The van der Waals surface area contributed by atoms with Crippen LogP contribution in [0, 0.1) is 18.3 Å². The zero-order valence-electron chi connectivity index (χ0n) is 11.3. The van der Waals surface area contributed by atoms with E-state index < -0.39 is 5.97 Å². The van der Waals surface area contributed by atoms with E-state index in [0.717, 1.165) is 5.56 Å². The van der Waals surface area contributed by atoms with Crippen LogP contribution in [0.2, 0.25) is 0 Å². The number of benzene rings is 1. The summed E-state index contributed by atoms with van der Waals surface area (Å²) < 4.78 is 15.0. The third-order valence-electron chi connectivity index (χ3n) is 2.64. The molecular formula is C14H15NO4. The van der Waals surface area contributed by atoms with Crippen LogP contribution in [0.1, 0.15) is 11.1 Å². The second-order valence-electron chi connectivity index (χ2n) is 3.68. The Hall–Kier alpha value is -2.48. The van der Waals surface area contributed by atoms with Crippen LogP contribution >= 0.6 is 0 Å². The van der Waals surface area contributed by atoms with E-state index in [9.17, 15) is 4.79 Å². The summed E-state index contributed by atoms with van der Waals surface area (Å²) in [6, 6.07) is 5.26. The lowest BCUT2D eigenvalue weighted by molar-refractivity contribution is -0.135. The Labute approximate surface area is 112 Å². The number of nitrogens with zero attached hydrogens (tertiary/aromatic N) is 1. The van der Waals surface area contributed by atoms with Gasteiger partial charge in [-0.2, -0.15) is 5.26 Å². The molecule has 0 unspecified atom stereocenters. The third-order valence-corrected chi connectivity index (χ3v) is 2.64. The number of rotatable bonds is 4. The van der Waals surface area contributed by atoms with Crippen LogP contribution in [0.15, 0.2) is 17.7 Å². The number of ether oxygens (including phenoxy) is 3. The van der Waals surface area contributed by atoms with Crippen LogP contribution in [0.4, 0.5) is 0 Å². The second-order valence-corrected chi connectivity index (χ2v) is 3.68. The van der Waals surface area contributed by atoms with Gasteiger partial charge in [0.25, 0.3) is 0 Å². The van der Waals surface area contributed by atoms with Crippen molar-refractivity contribution in [1.29, 1.82) is 5.26 Å². The fourth-order valence-corrected chi connectivity index (χ4v) is 1.70. The molecule has 0 saturated carbocycles. The number of carbonyl (C=O) groups excluding carboxylic acids is 1. The Morgan fingerprint density at radius 1 is 1.26 bits per heavy atom. The molecule has 0 saturated heterocycles. The van der Waals surface area contributed by atoms with Crippen molar-refractivity contribution >= 4 is 12.0 Å². The molecule has 0 aliphatic heterocycles. The average Bonchev–Trinajstić information content (AvgIpc) is 2.44. The predicted molar refractivity (Wildman–Crippen MR) is 69.9 cm³/mol. The lowest BCUT2D eigenvalue weighted by Crippen LogP contribution is -2.03. The Bertz CT molecular complexity index is 555. The van der Waals surface area contributed by atoms with Crippen molar-refractivity contribution in [1.82, 2.24) is 0 Å². The molecule has 0 aliphatic carbocycles. The molecule has 0 spiro atoms. The first kappa shape index (κ1) is 14.6. The molecule has 5 nitrogen and oxygen atoms in total. The van der Waals surface area contributed by atoms with Gasteiger partial charge in [0.2, 0.25) is 0 Å². The first-order chi connectivity index (χ1) is 9.08. The quantitative estimate of drug-likeness (QED) is 0.471. The summed E-state index contributed by atoms with van der Waals surface area (Å²) in [4.78, 5) is 11.4. The van der Waals surface area contributed by atoms with Gasteiger partial charge in [-0.05, 0) is 25.1 Å². The fourth-order valence-electron chi connectivity index (χ4n) is 1.70. The van der Waals surface area contributed by atoms with Crippen molar-refractivity contribution < 1.29 is 19.0 Å². The number of carbonyl (C=O) groups is 1. The topological polar surface area (TPSA) is 68.6 Å².